The van der Waals surface area contributed by atoms with Crippen LogP contribution < -0.4 is 5.56 Å². The van der Waals surface area contributed by atoms with Gasteiger partial charge in [-0.3, -0.25) is 19.4 Å². The first-order valence-electron chi connectivity index (χ1n) is 10.3. The lowest BCUT2D eigenvalue weighted by Crippen LogP contribution is -2.16. The van der Waals surface area contributed by atoms with Crippen LogP contribution in [0.2, 0.25) is 0 Å². The largest absolute Gasteiger partial charge is 0.505 e. The molecule has 0 saturated heterocycles. The molecule has 1 heterocycles. The molecule has 0 spiro atoms. The molecular weight excluding hydrogens is 404 g/mol. The first kappa shape index (κ1) is 22.7. The summed E-state index contributed by atoms with van der Waals surface area (Å²) in [6, 6.07) is 13.2. The van der Waals surface area contributed by atoms with Gasteiger partial charge in [-0.05, 0) is 38.0 Å². The number of phenolic OH excluding ortho intramolecular Hbond substituents is 1. The van der Waals surface area contributed by atoms with Crippen LogP contribution in [0.25, 0.3) is 12.2 Å². The van der Waals surface area contributed by atoms with E-state index in [1.807, 2.05) is 37.3 Å². The van der Waals surface area contributed by atoms with E-state index < -0.39 is 0 Å². The third-order valence-electron chi connectivity index (χ3n) is 4.97. The lowest BCUT2D eigenvalue weighted by molar-refractivity contribution is -0.114. The Hall–Kier alpha value is -4.00. The summed E-state index contributed by atoms with van der Waals surface area (Å²) in [7, 11) is 0. The second-order valence-electron chi connectivity index (χ2n) is 7.48. The highest BCUT2D eigenvalue weighted by Crippen LogP contribution is 2.32. The minimum Gasteiger partial charge on any atom is -0.505 e. The van der Waals surface area contributed by atoms with Gasteiger partial charge in [0.05, 0.1) is 5.69 Å². The highest BCUT2D eigenvalue weighted by Gasteiger charge is 2.12. The van der Waals surface area contributed by atoms with Gasteiger partial charge in [-0.25, -0.2) is 0 Å². The molecule has 32 heavy (non-hydrogen) atoms. The minimum atomic E-state index is -0.327. The molecule has 7 heteroatoms. The van der Waals surface area contributed by atoms with E-state index in [9.17, 15) is 14.7 Å². The van der Waals surface area contributed by atoms with E-state index in [0.29, 0.717) is 30.6 Å². The second kappa shape index (κ2) is 10.3. The van der Waals surface area contributed by atoms with Crippen molar-refractivity contribution in [2.45, 2.75) is 33.2 Å². The number of hydrogen-bond acceptors (Lipinski definition) is 5. The van der Waals surface area contributed by atoms with Crippen molar-refractivity contribution in [2.24, 2.45) is 10.2 Å². The summed E-state index contributed by atoms with van der Waals surface area (Å²) in [6.07, 6.45) is 5.82. The molecule has 164 valence electrons. The van der Waals surface area contributed by atoms with E-state index in [1.165, 1.54) is 16.3 Å². The number of aryl methyl sites for hydroxylation is 3. The average Bonchev–Trinajstić information content (AvgIpc) is 3.05. The third-order valence-corrected chi connectivity index (χ3v) is 4.97. The van der Waals surface area contributed by atoms with E-state index in [4.69, 9.17) is 0 Å². The molecule has 0 fully saturated rings. The number of aromatic nitrogens is 2. The second-order valence-corrected chi connectivity index (χ2v) is 7.48. The van der Waals surface area contributed by atoms with Crippen LogP contribution in [0.4, 0.5) is 11.4 Å². The monoisotopic (exact) mass is 430 g/mol. The number of para-hydroxylation sites is 1. The third kappa shape index (κ3) is 5.57. The molecule has 1 aromatic heterocycles. The van der Waals surface area contributed by atoms with Gasteiger partial charge in [-0.1, -0.05) is 60.7 Å². The zero-order chi connectivity index (χ0) is 23.1. The fraction of sp³-hybridized carbons (Fsp3) is 0.200. The van der Waals surface area contributed by atoms with Gasteiger partial charge < -0.3 is 5.11 Å². The van der Waals surface area contributed by atoms with Gasteiger partial charge in [0.1, 0.15) is 11.4 Å². The number of rotatable bonds is 9. The standard InChI is InChI=1S/C25H26N4O3/c1-4-21(30)8-6-16-29-25(32)23(18(3)28-29)27-26-22-9-5-7-20(24(22)31)15-14-19-12-10-17(2)11-13-19/h4-5,7,9-15,28,31H,1,6,8,16H2,2-3H3/b15-14-,27-26?. The molecule has 0 atom stereocenters. The zero-order valence-corrected chi connectivity index (χ0v) is 18.2. The van der Waals surface area contributed by atoms with Crippen molar-refractivity contribution in [3.05, 3.63) is 87.9 Å². The Morgan fingerprint density at radius 1 is 1.12 bits per heavy atom. The number of hydrogen-bond donors (Lipinski definition) is 2. The Kier molecular flexibility index (Phi) is 7.33. The number of ketones is 1. The minimum absolute atomic E-state index is 0.0175. The molecule has 0 unspecified atom stereocenters. The molecule has 3 rings (SSSR count). The lowest BCUT2D eigenvalue weighted by atomic mass is 10.1. The molecule has 3 aromatic rings. The highest BCUT2D eigenvalue weighted by atomic mass is 16.3. The summed E-state index contributed by atoms with van der Waals surface area (Å²) in [5.41, 5.74) is 3.45. The SMILES string of the molecule is C=CC(=O)CCCn1[nH]c(C)c(N=Nc2cccc(/C=C\c3ccc(C)cc3)c2O)c1=O. The summed E-state index contributed by atoms with van der Waals surface area (Å²) in [4.78, 5) is 23.9. The molecule has 0 saturated carbocycles. The van der Waals surface area contributed by atoms with Crippen LogP contribution in [0, 0.1) is 13.8 Å². The number of aromatic amines is 1. The molecule has 0 aliphatic rings. The summed E-state index contributed by atoms with van der Waals surface area (Å²) < 4.78 is 1.40. The van der Waals surface area contributed by atoms with E-state index in [-0.39, 0.29) is 28.5 Å². The Morgan fingerprint density at radius 3 is 2.59 bits per heavy atom. The maximum absolute atomic E-state index is 12.6. The number of aromatic hydroxyl groups is 1. The molecule has 0 aliphatic heterocycles. The molecule has 2 aromatic carbocycles. The van der Waals surface area contributed by atoms with Gasteiger partial charge >= 0.3 is 0 Å². The summed E-state index contributed by atoms with van der Waals surface area (Å²) in [5, 5.41) is 21.7. The smallest absolute Gasteiger partial charge is 0.294 e. The van der Waals surface area contributed by atoms with Crippen LogP contribution in [0.3, 0.4) is 0 Å². The molecular formula is C25H26N4O3. The zero-order valence-electron chi connectivity index (χ0n) is 18.2. The summed E-state index contributed by atoms with van der Waals surface area (Å²) >= 11 is 0. The van der Waals surface area contributed by atoms with Gasteiger partial charge in [0, 0.05) is 18.5 Å². The number of nitrogens with one attached hydrogen (secondary N) is 1. The first-order valence-corrected chi connectivity index (χ1v) is 10.3. The topological polar surface area (TPSA) is 99.8 Å². The number of allylic oxidation sites excluding steroid dienone is 1. The number of H-pyrrole nitrogens is 1. The fourth-order valence-corrected chi connectivity index (χ4v) is 3.11. The Bertz CT molecular complexity index is 1230. The number of phenols is 1. The van der Waals surface area contributed by atoms with Crippen LogP contribution >= 0.6 is 0 Å². The van der Waals surface area contributed by atoms with Crippen LogP contribution in [-0.2, 0) is 11.3 Å². The highest BCUT2D eigenvalue weighted by molar-refractivity contribution is 5.88. The number of carbonyl (C=O) groups is 1. The summed E-state index contributed by atoms with van der Waals surface area (Å²) in [5.74, 6) is -0.0795. The van der Waals surface area contributed by atoms with Crippen LogP contribution in [0.1, 0.15) is 35.2 Å². The molecule has 0 bridgehead atoms. The van der Waals surface area contributed by atoms with E-state index >= 15 is 0 Å². The summed E-state index contributed by atoms with van der Waals surface area (Å²) in [6.45, 7) is 7.55. The quantitative estimate of drug-likeness (QED) is 0.262. The number of azo groups is 1. The molecule has 0 radical (unpaired) electrons. The van der Waals surface area contributed by atoms with E-state index in [2.05, 4.69) is 21.9 Å². The van der Waals surface area contributed by atoms with Gasteiger partial charge in [-0.2, -0.15) is 0 Å². The van der Waals surface area contributed by atoms with Crippen LogP contribution in [0.5, 0.6) is 5.75 Å². The normalized spacial score (nSPS) is 11.4. The number of benzene rings is 2. The number of nitrogens with zero attached hydrogens (tertiary/aromatic N) is 3. The fourth-order valence-electron chi connectivity index (χ4n) is 3.11. The predicted octanol–water partition coefficient (Wildman–Crippen LogP) is 5.62. The van der Waals surface area contributed by atoms with Gasteiger partial charge in [0.15, 0.2) is 11.5 Å². The van der Waals surface area contributed by atoms with Crippen molar-refractivity contribution in [3.63, 3.8) is 0 Å². The Balaban J connectivity index is 1.77. The first-order chi connectivity index (χ1) is 15.4. The van der Waals surface area contributed by atoms with Crippen molar-refractivity contribution in [1.29, 1.82) is 0 Å². The van der Waals surface area contributed by atoms with Crippen LogP contribution in [0.15, 0.2) is 70.1 Å². The lowest BCUT2D eigenvalue weighted by Gasteiger charge is -2.02. The van der Waals surface area contributed by atoms with Gasteiger partial charge in [0.25, 0.3) is 5.56 Å². The average molecular weight is 431 g/mol. The molecule has 7 nitrogen and oxygen atoms in total. The van der Waals surface area contributed by atoms with Crippen molar-refractivity contribution in [2.75, 3.05) is 0 Å². The predicted molar refractivity (Wildman–Crippen MR) is 127 cm³/mol. The number of carbonyl (C=O) groups excluding carboxylic acids is 1. The molecule has 2 N–H and O–H groups in total. The Morgan fingerprint density at radius 2 is 1.88 bits per heavy atom. The van der Waals surface area contributed by atoms with Gasteiger partial charge in [-0.15, -0.1) is 10.2 Å². The molecule has 0 amide bonds. The van der Waals surface area contributed by atoms with Crippen molar-refractivity contribution < 1.29 is 9.90 Å². The van der Waals surface area contributed by atoms with Crippen molar-refractivity contribution in [3.8, 4) is 5.75 Å². The van der Waals surface area contributed by atoms with Crippen molar-refractivity contribution in [1.82, 2.24) is 9.78 Å². The van der Waals surface area contributed by atoms with E-state index in [0.717, 1.165) is 5.56 Å². The van der Waals surface area contributed by atoms with Crippen molar-refractivity contribution >= 4 is 29.3 Å². The maximum Gasteiger partial charge on any atom is 0.294 e. The molecule has 0 aliphatic carbocycles. The Labute approximate surface area is 186 Å². The van der Waals surface area contributed by atoms with Gasteiger partial charge in [0.2, 0.25) is 0 Å². The van der Waals surface area contributed by atoms with Crippen LogP contribution in [-0.4, -0.2) is 20.7 Å². The van der Waals surface area contributed by atoms with E-state index in [1.54, 1.807) is 31.2 Å². The maximum atomic E-state index is 12.6.